The van der Waals surface area contributed by atoms with Crippen LogP contribution in [-0.2, 0) is 16.1 Å². The third-order valence-electron chi connectivity index (χ3n) is 4.66. The van der Waals surface area contributed by atoms with Gasteiger partial charge in [-0.3, -0.25) is 14.4 Å². The molecular formula is C20H21N3O5. The molecule has 2 amide bonds. The lowest BCUT2D eigenvalue weighted by molar-refractivity contribution is -0.141. The van der Waals surface area contributed by atoms with Gasteiger partial charge in [-0.05, 0) is 49.6 Å². The van der Waals surface area contributed by atoms with Crippen molar-refractivity contribution in [3.05, 3.63) is 64.1 Å². The highest BCUT2D eigenvalue weighted by atomic mass is 16.4. The number of rotatable bonds is 5. The summed E-state index contributed by atoms with van der Waals surface area (Å²) in [7, 11) is 0. The zero-order chi connectivity index (χ0) is 20.3. The van der Waals surface area contributed by atoms with Crippen LogP contribution in [0.25, 0.3) is 0 Å². The molecule has 8 nitrogen and oxygen atoms in total. The molecule has 1 aromatic carbocycles. The SMILES string of the molecule is Cc1ccc(=O)n(CC(=O)Nc2ccc(C(=O)N3CCCC3C(=O)O)cc2)c1. The van der Waals surface area contributed by atoms with E-state index in [1.807, 2.05) is 6.92 Å². The smallest absolute Gasteiger partial charge is 0.326 e. The monoisotopic (exact) mass is 383 g/mol. The third kappa shape index (κ3) is 4.28. The predicted molar refractivity (Wildman–Crippen MR) is 102 cm³/mol. The molecule has 1 aliphatic rings. The Kier molecular flexibility index (Phi) is 5.58. The van der Waals surface area contributed by atoms with E-state index in [0.717, 1.165) is 5.56 Å². The van der Waals surface area contributed by atoms with E-state index in [2.05, 4.69) is 5.32 Å². The van der Waals surface area contributed by atoms with Gasteiger partial charge >= 0.3 is 5.97 Å². The minimum atomic E-state index is -0.999. The fraction of sp³-hybridized carbons (Fsp3) is 0.300. The van der Waals surface area contributed by atoms with E-state index < -0.39 is 12.0 Å². The Morgan fingerprint density at radius 3 is 2.54 bits per heavy atom. The Labute approximate surface area is 161 Å². The van der Waals surface area contributed by atoms with Gasteiger partial charge in [0, 0.05) is 30.1 Å². The summed E-state index contributed by atoms with van der Waals surface area (Å²) >= 11 is 0. The van der Waals surface area contributed by atoms with E-state index in [-0.39, 0.29) is 23.9 Å². The summed E-state index contributed by atoms with van der Waals surface area (Å²) in [4.78, 5) is 49.1. The number of hydrogen-bond donors (Lipinski definition) is 2. The van der Waals surface area contributed by atoms with Crippen LogP contribution in [0.4, 0.5) is 5.69 Å². The molecule has 0 saturated carbocycles. The second-order valence-electron chi connectivity index (χ2n) is 6.79. The molecule has 0 bridgehead atoms. The number of hydrogen-bond acceptors (Lipinski definition) is 4. The van der Waals surface area contributed by atoms with Crippen molar-refractivity contribution in [2.75, 3.05) is 11.9 Å². The van der Waals surface area contributed by atoms with Crippen LogP contribution in [0.2, 0.25) is 0 Å². The molecule has 146 valence electrons. The lowest BCUT2D eigenvalue weighted by Gasteiger charge is -2.21. The number of nitrogens with one attached hydrogen (secondary N) is 1. The van der Waals surface area contributed by atoms with Gasteiger partial charge in [0.15, 0.2) is 0 Å². The molecule has 1 saturated heterocycles. The van der Waals surface area contributed by atoms with E-state index in [1.54, 1.807) is 36.5 Å². The van der Waals surface area contributed by atoms with E-state index in [0.29, 0.717) is 30.6 Å². The number of benzene rings is 1. The molecule has 0 radical (unpaired) electrons. The van der Waals surface area contributed by atoms with Crippen LogP contribution in [-0.4, -0.2) is 44.9 Å². The first-order valence-corrected chi connectivity index (χ1v) is 8.96. The molecule has 1 unspecified atom stereocenters. The van der Waals surface area contributed by atoms with Crippen molar-refractivity contribution in [3.8, 4) is 0 Å². The number of likely N-dealkylation sites (tertiary alicyclic amines) is 1. The number of carbonyl (C=O) groups excluding carboxylic acids is 2. The number of amides is 2. The van der Waals surface area contributed by atoms with Crippen molar-refractivity contribution in [2.24, 2.45) is 0 Å². The standard InChI is InChI=1S/C20H21N3O5/c1-13-4-9-18(25)22(11-13)12-17(24)21-15-7-5-14(6-8-15)19(26)23-10-2-3-16(23)20(27)28/h4-9,11,16H,2-3,10,12H2,1H3,(H,21,24)(H,27,28). The summed E-state index contributed by atoms with van der Waals surface area (Å²) < 4.78 is 1.32. The lowest BCUT2D eigenvalue weighted by atomic mass is 10.1. The molecule has 1 atom stereocenters. The molecule has 2 aromatic rings. The summed E-state index contributed by atoms with van der Waals surface area (Å²) in [5.41, 5.74) is 1.46. The van der Waals surface area contributed by atoms with Gasteiger partial charge in [-0.15, -0.1) is 0 Å². The van der Waals surface area contributed by atoms with Crippen molar-refractivity contribution < 1.29 is 19.5 Å². The fourth-order valence-corrected chi connectivity index (χ4v) is 3.26. The molecule has 2 heterocycles. The van der Waals surface area contributed by atoms with Gasteiger partial charge in [-0.25, -0.2) is 4.79 Å². The Hall–Kier alpha value is -3.42. The lowest BCUT2D eigenvalue weighted by Crippen LogP contribution is -2.40. The molecule has 8 heteroatoms. The first-order valence-electron chi connectivity index (χ1n) is 8.96. The van der Waals surface area contributed by atoms with Gasteiger partial charge in [0.2, 0.25) is 5.91 Å². The molecule has 1 aliphatic heterocycles. The Bertz CT molecular complexity index is 965. The summed E-state index contributed by atoms with van der Waals surface area (Å²) in [5, 5.41) is 11.9. The number of nitrogens with zero attached hydrogens (tertiary/aromatic N) is 2. The van der Waals surface area contributed by atoms with Gasteiger partial charge in [-0.1, -0.05) is 6.07 Å². The Balaban J connectivity index is 1.65. The number of anilines is 1. The van der Waals surface area contributed by atoms with E-state index in [4.69, 9.17) is 0 Å². The van der Waals surface area contributed by atoms with Crippen molar-refractivity contribution in [1.29, 1.82) is 0 Å². The maximum absolute atomic E-state index is 12.5. The first kappa shape index (κ1) is 19.3. The van der Waals surface area contributed by atoms with Crippen LogP contribution in [0.15, 0.2) is 47.4 Å². The average molecular weight is 383 g/mol. The van der Waals surface area contributed by atoms with Crippen molar-refractivity contribution in [2.45, 2.75) is 32.4 Å². The van der Waals surface area contributed by atoms with Gasteiger partial charge in [0.25, 0.3) is 11.5 Å². The molecule has 2 N–H and O–H groups in total. The number of aliphatic carboxylic acids is 1. The van der Waals surface area contributed by atoms with E-state index >= 15 is 0 Å². The zero-order valence-corrected chi connectivity index (χ0v) is 15.4. The normalized spacial score (nSPS) is 16.0. The van der Waals surface area contributed by atoms with Crippen LogP contribution >= 0.6 is 0 Å². The van der Waals surface area contributed by atoms with E-state index in [9.17, 15) is 24.3 Å². The van der Waals surface area contributed by atoms with Crippen molar-refractivity contribution >= 4 is 23.5 Å². The second kappa shape index (κ2) is 8.08. The zero-order valence-electron chi connectivity index (χ0n) is 15.4. The highest BCUT2D eigenvalue weighted by Gasteiger charge is 2.34. The maximum Gasteiger partial charge on any atom is 0.326 e. The number of carboxylic acids is 1. The second-order valence-corrected chi connectivity index (χ2v) is 6.79. The molecule has 3 rings (SSSR count). The largest absolute Gasteiger partial charge is 0.480 e. The summed E-state index contributed by atoms with van der Waals surface area (Å²) in [6.45, 7) is 2.13. The average Bonchev–Trinajstić information content (AvgIpc) is 3.15. The van der Waals surface area contributed by atoms with Crippen LogP contribution in [0, 0.1) is 6.92 Å². The summed E-state index contributed by atoms with van der Waals surface area (Å²) in [5.74, 6) is -1.70. The quantitative estimate of drug-likeness (QED) is 0.813. The Morgan fingerprint density at radius 1 is 1.14 bits per heavy atom. The van der Waals surface area contributed by atoms with Gasteiger partial charge in [-0.2, -0.15) is 0 Å². The van der Waals surface area contributed by atoms with Crippen LogP contribution in [0.5, 0.6) is 0 Å². The summed E-state index contributed by atoms with van der Waals surface area (Å²) in [6.07, 6.45) is 2.72. The third-order valence-corrected chi connectivity index (χ3v) is 4.66. The topological polar surface area (TPSA) is 109 Å². The fourth-order valence-electron chi connectivity index (χ4n) is 3.26. The number of aromatic nitrogens is 1. The summed E-state index contributed by atoms with van der Waals surface area (Å²) in [6, 6.07) is 8.56. The van der Waals surface area contributed by atoms with Gasteiger partial charge in [0.05, 0.1) is 0 Å². The van der Waals surface area contributed by atoms with Gasteiger partial charge in [0.1, 0.15) is 12.6 Å². The molecular weight excluding hydrogens is 362 g/mol. The molecule has 28 heavy (non-hydrogen) atoms. The van der Waals surface area contributed by atoms with Crippen molar-refractivity contribution in [1.82, 2.24) is 9.47 Å². The minimum absolute atomic E-state index is 0.116. The number of carbonyl (C=O) groups is 3. The Morgan fingerprint density at radius 2 is 1.86 bits per heavy atom. The molecule has 0 spiro atoms. The predicted octanol–water partition coefficient (Wildman–Crippen LogP) is 1.48. The van der Waals surface area contributed by atoms with Gasteiger partial charge < -0.3 is 19.9 Å². The highest BCUT2D eigenvalue weighted by Crippen LogP contribution is 2.21. The van der Waals surface area contributed by atoms with Crippen LogP contribution in [0.1, 0.15) is 28.8 Å². The first-order chi connectivity index (χ1) is 13.3. The van der Waals surface area contributed by atoms with Crippen LogP contribution < -0.4 is 10.9 Å². The van der Waals surface area contributed by atoms with E-state index in [1.165, 1.54) is 15.5 Å². The van der Waals surface area contributed by atoms with Crippen LogP contribution in [0.3, 0.4) is 0 Å². The minimum Gasteiger partial charge on any atom is -0.480 e. The molecule has 1 aromatic heterocycles. The number of aryl methyl sites for hydroxylation is 1. The molecule has 1 fully saturated rings. The number of pyridine rings is 1. The molecule has 0 aliphatic carbocycles. The maximum atomic E-state index is 12.5. The van der Waals surface area contributed by atoms with Crippen molar-refractivity contribution in [3.63, 3.8) is 0 Å². The highest BCUT2D eigenvalue weighted by molar-refractivity contribution is 5.98. The number of carboxylic acid groups (broad SMARTS) is 1.